The highest BCUT2D eigenvalue weighted by molar-refractivity contribution is 6.33. The number of aliphatic hydroxyl groups excluding tert-OH is 1. The number of hydrogen-bond acceptors (Lipinski definition) is 3. The van der Waals surface area contributed by atoms with Crippen molar-refractivity contribution >= 4 is 23.2 Å². The van der Waals surface area contributed by atoms with Gasteiger partial charge in [-0.15, -0.1) is 0 Å². The minimum atomic E-state index is -0.110. The third kappa shape index (κ3) is 2.37. The summed E-state index contributed by atoms with van der Waals surface area (Å²) in [5.41, 5.74) is 6.56. The predicted octanol–water partition coefficient (Wildman–Crippen LogP) is 1.38. The molecule has 1 fully saturated rings. The Morgan fingerprint density at radius 3 is 3.00 bits per heavy atom. The van der Waals surface area contributed by atoms with Crippen LogP contribution < -0.4 is 5.73 Å². The molecule has 0 saturated carbocycles. The van der Waals surface area contributed by atoms with E-state index in [0.29, 0.717) is 29.4 Å². The number of benzene rings is 1. The molecule has 4 nitrogen and oxygen atoms in total. The van der Waals surface area contributed by atoms with Gasteiger partial charge in [0.25, 0.3) is 5.91 Å². The molecule has 0 bridgehead atoms. The number of carbonyl (C=O) groups excluding carboxylic acids is 1. The first-order valence-corrected chi connectivity index (χ1v) is 5.95. The highest BCUT2D eigenvalue weighted by Crippen LogP contribution is 2.25. The standard InChI is InChI=1S/C12H15ClN2O2/c13-10-3-1-2-9(11(10)14)12(17)15-5-4-8(6-15)7-16/h1-3,8,16H,4-7,14H2. The van der Waals surface area contributed by atoms with Gasteiger partial charge < -0.3 is 15.7 Å². The molecule has 1 saturated heterocycles. The minimum Gasteiger partial charge on any atom is -0.397 e. The lowest BCUT2D eigenvalue weighted by molar-refractivity contribution is 0.0783. The Kier molecular flexibility index (Phi) is 3.54. The van der Waals surface area contributed by atoms with E-state index in [1.807, 2.05) is 0 Å². The molecule has 0 aromatic heterocycles. The fourth-order valence-electron chi connectivity index (χ4n) is 2.06. The second-order valence-electron chi connectivity index (χ2n) is 4.29. The van der Waals surface area contributed by atoms with Crippen LogP contribution in [0.3, 0.4) is 0 Å². The van der Waals surface area contributed by atoms with Crippen LogP contribution in [0.2, 0.25) is 5.02 Å². The number of nitrogens with two attached hydrogens (primary N) is 1. The Hall–Kier alpha value is -1.26. The molecular formula is C12H15ClN2O2. The van der Waals surface area contributed by atoms with Crippen LogP contribution in [0, 0.1) is 5.92 Å². The molecule has 2 rings (SSSR count). The van der Waals surface area contributed by atoms with Gasteiger partial charge in [-0.3, -0.25) is 4.79 Å². The number of nitrogens with zero attached hydrogens (tertiary/aromatic N) is 1. The maximum absolute atomic E-state index is 12.2. The van der Waals surface area contributed by atoms with Gasteiger partial charge in [0, 0.05) is 25.6 Å². The summed E-state index contributed by atoms with van der Waals surface area (Å²) in [6, 6.07) is 5.05. The van der Waals surface area contributed by atoms with E-state index < -0.39 is 0 Å². The number of hydrogen-bond donors (Lipinski definition) is 2. The molecular weight excluding hydrogens is 240 g/mol. The van der Waals surface area contributed by atoms with Crippen LogP contribution in [0.4, 0.5) is 5.69 Å². The molecule has 0 aliphatic carbocycles. The van der Waals surface area contributed by atoms with E-state index >= 15 is 0 Å². The second-order valence-corrected chi connectivity index (χ2v) is 4.70. The number of anilines is 1. The summed E-state index contributed by atoms with van der Waals surface area (Å²) < 4.78 is 0. The Balaban J connectivity index is 2.18. The predicted molar refractivity (Wildman–Crippen MR) is 67.0 cm³/mol. The van der Waals surface area contributed by atoms with Gasteiger partial charge in [-0.1, -0.05) is 17.7 Å². The van der Waals surface area contributed by atoms with Gasteiger partial charge in [-0.05, 0) is 18.6 Å². The molecule has 92 valence electrons. The number of rotatable bonds is 2. The fourth-order valence-corrected chi connectivity index (χ4v) is 2.23. The number of carbonyl (C=O) groups is 1. The summed E-state index contributed by atoms with van der Waals surface area (Å²) in [4.78, 5) is 13.9. The topological polar surface area (TPSA) is 66.6 Å². The van der Waals surface area contributed by atoms with Crippen molar-refractivity contribution in [3.05, 3.63) is 28.8 Å². The molecule has 1 amide bonds. The van der Waals surface area contributed by atoms with Crippen molar-refractivity contribution in [1.29, 1.82) is 0 Å². The van der Waals surface area contributed by atoms with Gasteiger partial charge in [0.2, 0.25) is 0 Å². The molecule has 17 heavy (non-hydrogen) atoms. The van der Waals surface area contributed by atoms with E-state index in [1.165, 1.54) is 0 Å². The average Bonchev–Trinajstić information content (AvgIpc) is 2.80. The average molecular weight is 255 g/mol. The van der Waals surface area contributed by atoms with Crippen molar-refractivity contribution in [2.75, 3.05) is 25.4 Å². The Labute approximate surface area is 105 Å². The molecule has 1 heterocycles. The van der Waals surface area contributed by atoms with Crippen LogP contribution >= 0.6 is 11.6 Å². The van der Waals surface area contributed by atoms with Crippen molar-refractivity contribution in [2.24, 2.45) is 5.92 Å². The van der Waals surface area contributed by atoms with Crippen LogP contribution in [0.15, 0.2) is 18.2 Å². The lowest BCUT2D eigenvalue weighted by Crippen LogP contribution is -2.29. The summed E-state index contributed by atoms with van der Waals surface area (Å²) >= 11 is 5.88. The maximum Gasteiger partial charge on any atom is 0.256 e. The third-order valence-corrected chi connectivity index (χ3v) is 3.44. The second kappa shape index (κ2) is 4.94. The lowest BCUT2D eigenvalue weighted by atomic mass is 10.1. The quantitative estimate of drug-likeness (QED) is 0.784. The largest absolute Gasteiger partial charge is 0.397 e. The van der Waals surface area contributed by atoms with E-state index in [2.05, 4.69) is 0 Å². The maximum atomic E-state index is 12.2. The number of aliphatic hydroxyl groups is 1. The molecule has 1 aliphatic rings. The molecule has 1 aromatic carbocycles. The number of amides is 1. The fraction of sp³-hybridized carbons (Fsp3) is 0.417. The summed E-state index contributed by atoms with van der Waals surface area (Å²) in [5.74, 6) is 0.0697. The normalized spacial score (nSPS) is 19.6. The van der Waals surface area contributed by atoms with Crippen molar-refractivity contribution in [3.63, 3.8) is 0 Å². The lowest BCUT2D eigenvalue weighted by Gasteiger charge is -2.17. The van der Waals surface area contributed by atoms with Crippen molar-refractivity contribution in [3.8, 4) is 0 Å². The zero-order valence-corrected chi connectivity index (χ0v) is 10.2. The van der Waals surface area contributed by atoms with Gasteiger partial charge in [-0.25, -0.2) is 0 Å². The van der Waals surface area contributed by atoms with Gasteiger partial charge in [0.15, 0.2) is 0 Å². The van der Waals surface area contributed by atoms with Crippen LogP contribution in [-0.4, -0.2) is 35.6 Å². The smallest absolute Gasteiger partial charge is 0.256 e. The van der Waals surface area contributed by atoms with E-state index in [0.717, 1.165) is 6.42 Å². The number of para-hydroxylation sites is 1. The van der Waals surface area contributed by atoms with Crippen LogP contribution in [-0.2, 0) is 0 Å². The monoisotopic (exact) mass is 254 g/mol. The third-order valence-electron chi connectivity index (χ3n) is 3.11. The Bertz CT molecular complexity index is 437. The van der Waals surface area contributed by atoms with Crippen LogP contribution in [0.5, 0.6) is 0 Å². The van der Waals surface area contributed by atoms with Gasteiger partial charge in [0.1, 0.15) is 0 Å². The van der Waals surface area contributed by atoms with Crippen molar-refractivity contribution in [2.45, 2.75) is 6.42 Å². The van der Waals surface area contributed by atoms with Crippen LogP contribution in [0.1, 0.15) is 16.8 Å². The van der Waals surface area contributed by atoms with Crippen molar-refractivity contribution in [1.82, 2.24) is 4.90 Å². The van der Waals surface area contributed by atoms with E-state index in [4.69, 9.17) is 22.4 Å². The summed E-state index contributed by atoms with van der Waals surface area (Å²) in [6.07, 6.45) is 0.836. The zero-order valence-electron chi connectivity index (χ0n) is 9.40. The van der Waals surface area contributed by atoms with Gasteiger partial charge in [-0.2, -0.15) is 0 Å². The van der Waals surface area contributed by atoms with Gasteiger partial charge in [0.05, 0.1) is 16.3 Å². The zero-order chi connectivity index (χ0) is 12.4. The highest BCUT2D eigenvalue weighted by Gasteiger charge is 2.27. The number of likely N-dealkylation sites (tertiary alicyclic amines) is 1. The highest BCUT2D eigenvalue weighted by atomic mass is 35.5. The van der Waals surface area contributed by atoms with Gasteiger partial charge >= 0.3 is 0 Å². The van der Waals surface area contributed by atoms with Crippen LogP contribution in [0.25, 0.3) is 0 Å². The molecule has 1 aliphatic heterocycles. The first-order chi connectivity index (χ1) is 8.13. The number of nitrogen functional groups attached to an aromatic ring is 1. The Morgan fingerprint density at radius 2 is 2.35 bits per heavy atom. The van der Waals surface area contributed by atoms with E-state index in [-0.39, 0.29) is 18.4 Å². The molecule has 1 atom stereocenters. The van der Waals surface area contributed by atoms with Crippen molar-refractivity contribution < 1.29 is 9.90 Å². The molecule has 1 aromatic rings. The Morgan fingerprint density at radius 1 is 1.59 bits per heavy atom. The molecule has 0 radical (unpaired) electrons. The summed E-state index contributed by atoms with van der Waals surface area (Å²) in [5, 5.41) is 9.45. The first kappa shape index (κ1) is 12.2. The summed E-state index contributed by atoms with van der Waals surface area (Å²) in [6.45, 7) is 1.37. The first-order valence-electron chi connectivity index (χ1n) is 5.57. The molecule has 0 spiro atoms. The molecule has 3 N–H and O–H groups in total. The molecule has 1 unspecified atom stereocenters. The number of halogens is 1. The summed E-state index contributed by atoms with van der Waals surface area (Å²) in [7, 11) is 0. The molecule has 5 heteroatoms. The minimum absolute atomic E-state index is 0.110. The van der Waals surface area contributed by atoms with E-state index in [9.17, 15) is 4.79 Å². The van der Waals surface area contributed by atoms with E-state index in [1.54, 1.807) is 23.1 Å². The SMILES string of the molecule is Nc1c(Cl)cccc1C(=O)N1CCC(CO)C1.